The van der Waals surface area contributed by atoms with Gasteiger partial charge in [0, 0.05) is 30.2 Å². The van der Waals surface area contributed by atoms with Gasteiger partial charge in [0.2, 0.25) is 11.8 Å². The second-order valence-corrected chi connectivity index (χ2v) is 5.82. The smallest absolute Gasteiger partial charge is 0.230 e. The molecule has 0 saturated carbocycles. The third kappa shape index (κ3) is 4.37. The highest BCUT2D eigenvalue weighted by Gasteiger charge is 2.10. The molecular formula is C15H18N4O2S. The fourth-order valence-electron chi connectivity index (χ4n) is 1.92. The quantitative estimate of drug-likeness (QED) is 0.786. The van der Waals surface area contributed by atoms with E-state index in [9.17, 15) is 9.59 Å². The van der Waals surface area contributed by atoms with E-state index in [1.807, 2.05) is 18.4 Å². The van der Waals surface area contributed by atoms with E-state index in [0.29, 0.717) is 23.6 Å². The molecule has 6 nitrogen and oxygen atoms in total. The molecule has 116 valence electrons. The van der Waals surface area contributed by atoms with Crippen LogP contribution in [0.1, 0.15) is 23.2 Å². The summed E-state index contributed by atoms with van der Waals surface area (Å²) in [6, 6.07) is 5.37. The molecule has 7 heteroatoms. The maximum absolute atomic E-state index is 12.1. The number of carbonyl (C=O) groups is 2. The second kappa shape index (κ2) is 7.15. The summed E-state index contributed by atoms with van der Waals surface area (Å²) in [6.07, 6.45) is 0.195. The Kier molecular flexibility index (Phi) is 5.24. The van der Waals surface area contributed by atoms with Gasteiger partial charge in [0.25, 0.3) is 0 Å². The van der Waals surface area contributed by atoms with E-state index in [2.05, 4.69) is 15.6 Å². The van der Waals surface area contributed by atoms with E-state index < -0.39 is 0 Å². The van der Waals surface area contributed by atoms with E-state index in [1.54, 1.807) is 12.1 Å². The Hall–Kier alpha value is -2.25. The number of benzene rings is 1. The van der Waals surface area contributed by atoms with Crippen LogP contribution in [0.2, 0.25) is 0 Å². The van der Waals surface area contributed by atoms with Crippen LogP contribution in [0, 0.1) is 6.92 Å². The predicted molar refractivity (Wildman–Crippen MR) is 87.8 cm³/mol. The van der Waals surface area contributed by atoms with Gasteiger partial charge in [-0.3, -0.25) is 9.59 Å². The summed E-state index contributed by atoms with van der Waals surface area (Å²) in [7, 11) is 0. The summed E-state index contributed by atoms with van der Waals surface area (Å²) in [5.41, 5.74) is 8.45. The zero-order valence-electron chi connectivity index (χ0n) is 12.5. The van der Waals surface area contributed by atoms with Crippen LogP contribution in [0.4, 0.5) is 11.4 Å². The van der Waals surface area contributed by atoms with Gasteiger partial charge in [0.15, 0.2) is 0 Å². The molecule has 0 fully saturated rings. The van der Waals surface area contributed by atoms with Crippen LogP contribution in [0.3, 0.4) is 0 Å². The van der Waals surface area contributed by atoms with Gasteiger partial charge in [-0.1, -0.05) is 6.07 Å². The summed E-state index contributed by atoms with van der Waals surface area (Å²) in [5, 5.41) is 8.18. The number of hydrogen-bond donors (Lipinski definition) is 3. The van der Waals surface area contributed by atoms with Gasteiger partial charge in [-0.15, -0.1) is 11.3 Å². The first-order chi connectivity index (χ1) is 10.5. The third-order valence-corrected chi connectivity index (χ3v) is 3.87. The Balaban J connectivity index is 2.05. The number of aryl methyl sites for hydroxylation is 1. The fourth-order valence-corrected chi connectivity index (χ4v) is 2.59. The normalized spacial score (nSPS) is 10.3. The molecule has 0 atom stereocenters. The van der Waals surface area contributed by atoms with Gasteiger partial charge >= 0.3 is 0 Å². The lowest BCUT2D eigenvalue weighted by Crippen LogP contribution is -2.16. The Morgan fingerprint density at radius 2 is 2.09 bits per heavy atom. The molecule has 1 aromatic carbocycles. The zero-order valence-corrected chi connectivity index (χ0v) is 13.3. The van der Waals surface area contributed by atoms with Crippen molar-refractivity contribution in [3.8, 4) is 0 Å². The SMILES string of the molecule is CC(=O)Nc1ccc(C)c(NC(=O)Cc2csc(CN)n2)c1. The lowest BCUT2D eigenvalue weighted by atomic mass is 10.1. The molecular weight excluding hydrogens is 300 g/mol. The topological polar surface area (TPSA) is 97.1 Å². The minimum Gasteiger partial charge on any atom is -0.326 e. The molecule has 0 aliphatic heterocycles. The third-order valence-electron chi connectivity index (χ3n) is 2.95. The molecule has 0 spiro atoms. The molecule has 0 aliphatic rings. The zero-order chi connectivity index (χ0) is 16.1. The van der Waals surface area contributed by atoms with Gasteiger partial charge in [0.05, 0.1) is 12.1 Å². The van der Waals surface area contributed by atoms with Crippen molar-refractivity contribution in [2.24, 2.45) is 5.73 Å². The number of amides is 2. The molecule has 2 rings (SSSR count). The molecule has 0 radical (unpaired) electrons. The average molecular weight is 318 g/mol. The largest absolute Gasteiger partial charge is 0.326 e. The summed E-state index contributed by atoms with van der Waals surface area (Å²) in [5.74, 6) is -0.310. The number of nitrogens with one attached hydrogen (secondary N) is 2. The van der Waals surface area contributed by atoms with Crippen LogP contribution < -0.4 is 16.4 Å². The van der Waals surface area contributed by atoms with E-state index >= 15 is 0 Å². The minimum atomic E-state index is -0.156. The van der Waals surface area contributed by atoms with Crippen LogP contribution in [0.25, 0.3) is 0 Å². The number of nitrogens with zero attached hydrogens (tertiary/aromatic N) is 1. The predicted octanol–water partition coefficient (Wildman–Crippen LogP) is 2.05. The number of thiazole rings is 1. The molecule has 1 heterocycles. The van der Waals surface area contributed by atoms with Crippen molar-refractivity contribution in [2.45, 2.75) is 26.8 Å². The van der Waals surface area contributed by atoms with Gasteiger partial charge < -0.3 is 16.4 Å². The fraction of sp³-hybridized carbons (Fsp3) is 0.267. The lowest BCUT2D eigenvalue weighted by Gasteiger charge is -2.10. The number of anilines is 2. The highest BCUT2D eigenvalue weighted by atomic mass is 32.1. The molecule has 1 aromatic heterocycles. The number of rotatable bonds is 5. The van der Waals surface area contributed by atoms with E-state index in [1.165, 1.54) is 18.3 Å². The number of carbonyl (C=O) groups excluding carboxylic acids is 2. The Labute approximate surface area is 132 Å². The molecule has 0 unspecified atom stereocenters. The number of hydrogen-bond acceptors (Lipinski definition) is 5. The Morgan fingerprint density at radius 3 is 2.73 bits per heavy atom. The molecule has 2 amide bonds. The Morgan fingerprint density at radius 1 is 1.32 bits per heavy atom. The first-order valence-corrected chi connectivity index (χ1v) is 7.67. The van der Waals surface area contributed by atoms with Gasteiger partial charge in [0.1, 0.15) is 5.01 Å². The van der Waals surface area contributed by atoms with Crippen LogP contribution in [-0.4, -0.2) is 16.8 Å². The maximum atomic E-state index is 12.1. The van der Waals surface area contributed by atoms with Crippen molar-refractivity contribution in [3.63, 3.8) is 0 Å². The van der Waals surface area contributed by atoms with Crippen molar-refractivity contribution in [2.75, 3.05) is 10.6 Å². The standard InChI is InChI=1S/C15H18N4O2S/c1-9-3-4-11(17-10(2)20)5-13(9)19-14(21)6-12-8-22-15(7-16)18-12/h3-5,8H,6-7,16H2,1-2H3,(H,17,20)(H,19,21). The molecule has 0 saturated heterocycles. The van der Waals surface area contributed by atoms with Crippen molar-refractivity contribution in [3.05, 3.63) is 39.8 Å². The summed E-state index contributed by atoms with van der Waals surface area (Å²) in [4.78, 5) is 27.5. The van der Waals surface area contributed by atoms with Gasteiger partial charge in [-0.05, 0) is 24.6 Å². The first kappa shape index (κ1) is 16.1. The average Bonchev–Trinajstić information content (AvgIpc) is 2.89. The molecule has 0 aliphatic carbocycles. The number of nitrogens with two attached hydrogens (primary N) is 1. The van der Waals surface area contributed by atoms with Crippen LogP contribution in [0.5, 0.6) is 0 Å². The highest BCUT2D eigenvalue weighted by molar-refractivity contribution is 7.09. The van der Waals surface area contributed by atoms with Crippen molar-refractivity contribution < 1.29 is 9.59 Å². The molecule has 4 N–H and O–H groups in total. The van der Waals surface area contributed by atoms with Crippen molar-refractivity contribution in [1.82, 2.24) is 4.98 Å². The van der Waals surface area contributed by atoms with Crippen LogP contribution >= 0.6 is 11.3 Å². The monoisotopic (exact) mass is 318 g/mol. The van der Waals surface area contributed by atoms with Gasteiger partial charge in [-0.25, -0.2) is 4.98 Å². The lowest BCUT2D eigenvalue weighted by molar-refractivity contribution is -0.116. The second-order valence-electron chi connectivity index (χ2n) is 4.87. The summed E-state index contributed by atoms with van der Waals surface area (Å²) in [6.45, 7) is 3.71. The molecule has 22 heavy (non-hydrogen) atoms. The van der Waals surface area contributed by atoms with E-state index in [4.69, 9.17) is 5.73 Å². The summed E-state index contributed by atoms with van der Waals surface area (Å²) >= 11 is 1.45. The Bertz CT molecular complexity index is 697. The van der Waals surface area contributed by atoms with Crippen LogP contribution in [0.15, 0.2) is 23.6 Å². The van der Waals surface area contributed by atoms with E-state index in [0.717, 1.165) is 10.6 Å². The van der Waals surface area contributed by atoms with Crippen LogP contribution in [-0.2, 0) is 22.6 Å². The van der Waals surface area contributed by atoms with Gasteiger partial charge in [-0.2, -0.15) is 0 Å². The molecule has 2 aromatic rings. The summed E-state index contributed by atoms with van der Waals surface area (Å²) < 4.78 is 0. The van der Waals surface area contributed by atoms with Crippen molar-refractivity contribution >= 4 is 34.5 Å². The van der Waals surface area contributed by atoms with E-state index in [-0.39, 0.29) is 18.2 Å². The first-order valence-electron chi connectivity index (χ1n) is 6.79. The highest BCUT2D eigenvalue weighted by Crippen LogP contribution is 2.20. The maximum Gasteiger partial charge on any atom is 0.230 e. The van der Waals surface area contributed by atoms with Crippen molar-refractivity contribution in [1.29, 1.82) is 0 Å². The number of aromatic nitrogens is 1. The minimum absolute atomic E-state index is 0.155. The molecule has 0 bridgehead atoms.